The summed E-state index contributed by atoms with van der Waals surface area (Å²) in [4.78, 5) is 5.99. The van der Waals surface area contributed by atoms with Crippen molar-refractivity contribution in [3.05, 3.63) is 22.4 Å². The molecule has 1 heterocycles. The summed E-state index contributed by atoms with van der Waals surface area (Å²) in [6, 6.07) is 4.23. The van der Waals surface area contributed by atoms with Crippen LogP contribution >= 0.6 is 11.3 Å². The van der Waals surface area contributed by atoms with Crippen LogP contribution in [0.15, 0.2) is 22.5 Å². The lowest BCUT2D eigenvalue weighted by atomic mass is 10.0. The molecule has 19 heavy (non-hydrogen) atoms. The van der Waals surface area contributed by atoms with Gasteiger partial charge in [0, 0.05) is 18.0 Å². The highest BCUT2D eigenvalue weighted by molar-refractivity contribution is 7.09. The maximum absolute atomic E-state index is 4.67. The first kappa shape index (κ1) is 13.0. The Kier molecular flexibility index (Phi) is 3.78. The van der Waals surface area contributed by atoms with Gasteiger partial charge in [0.2, 0.25) is 0 Å². The molecule has 1 aromatic rings. The second-order valence-electron chi connectivity index (χ2n) is 5.76. The molecule has 0 saturated heterocycles. The molecule has 3 rings (SSSR count). The summed E-state index contributed by atoms with van der Waals surface area (Å²) in [6.07, 6.45) is 5.72. The highest BCUT2D eigenvalue weighted by Crippen LogP contribution is 2.60. The molecule has 0 atom stereocenters. The summed E-state index contributed by atoms with van der Waals surface area (Å²) in [5, 5.41) is 9.01. The van der Waals surface area contributed by atoms with Crippen molar-refractivity contribution in [2.24, 2.45) is 16.3 Å². The zero-order chi connectivity index (χ0) is 13.1. The van der Waals surface area contributed by atoms with E-state index in [9.17, 15) is 0 Å². The summed E-state index contributed by atoms with van der Waals surface area (Å²) >= 11 is 1.77. The summed E-state index contributed by atoms with van der Waals surface area (Å²) < 4.78 is 0. The number of thiophene rings is 1. The van der Waals surface area contributed by atoms with Crippen LogP contribution in [0.2, 0.25) is 0 Å². The van der Waals surface area contributed by atoms with E-state index in [-0.39, 0.29) is 0 Å². The van der Waals surface area contributed by atoms with Gasteiger partial charge >= 0.3 is 0 Å². The van der Waals surface area contributed by atoms with Gasteiger partial charge in [-0.1, -0.05) is 6.07 Å². The minimum atomic E-state index is 0.624. The SMILES string of the molecule is CCNC(=NCc1cccs1)NCC1(C2CC2)CC1. The smallest absolute Gasteiger partial charge is 0.191 e. The molecule has 104 valence electrons. The quantitative estimate of drug-likeness (QED) is 0.619. The van der Waals surface area contributed by atoms with Gasteiger partial charge in [0.05, 0.1) is 6.54 Å². The third kappa shape index (κ3) is 3.30. The molecule has 2 aliphatic carbocycles. The van der Waals surface area contributed by atoms with Crippen molar-refractivity contribution in [2.45, 2.75) is 39.2 Å². The van der Waals surface area contributed by atoms with Crippen LogP contribution < -0.4 is 10.6 Å². The maximum Gasteiger partial charge on any atom is 0.191 e. The van der Waals surface area contributed by atoms with Crippen LogP contribution in [-0.2, 0) is 6.54 Å². The molecule has 3 nitrogen and oxygen atoms in total. The van der Waals surface area contributed by atoms with E-state index in [1.54, 1.807) is 11.3 Å². The topological polar surface area (TPSA) is 36.4 Å². The zero-order valence-electron chi connectivity index (χ0n) is 11.6. The Morgan fingerprint density at radius 2 is 2.26 bits per heavy atom. The minimum absolute atomic E-state index is 0.624. The number of aliphatic imine (C=N–C) groups is 1. The molecular weight excluding hydrogens is 254 g/mol. The van der Waals surface area contributed by atoms with E-state index in [1.807, 2.05) is 0 Å². The van der Waals surface area contributed by atoms with Crippen LogP contribution in [0.25, 0.3) is 0 Å². The molecule has 0 radical (unpaired) electrons. The Balaban J connectivity index is 1.53. The summed E-state index contributed by atoms with van der Waals surface area (Å²) in [5.74, 6) is 1.97. The van der Waals surface area contributed by atoms with Gasteiger partial charge in [0.15, 0.2) is 5.96 Å². The average molecular weight is 277 g/mol. The fraction of sp³-hybridized carbons (Fsp3) is 0.667. The third-order valence-corrected chi connectivity index (χ3v) is 5.12. The van der Waals surface area contributed by atoms with E-state index in [1.165, 1.54) is 30.6 Å². The third-order valence-electron chi connectivity index (χ3n) is 4.26. The van der Waals surface area contributed by atoms with E-state index >= 15 is 0 Å². The van der Waals surface area contributed by atoms with Gasteiger partial charge in [-0.15, -0.1) is 11.3 Å². The first-order valence-electron chi connectivity index (χ1n) is 7.37. The largest absolute Gasteiger partial charge is 0.357 e. The van der Waals surface area contributed by atoms with E-state index in [0.717, 1.165) is 31.5 Å². The number of nitrogens with one attached hydrogen (secondary N) is 2. The van der Waals surface area contributed by atoms with Crippen molar-refractivity contribution < 1.29 is 0 Å². The van der Waals surface area contributed by atoms with Gasteiger partial charge in [-0.2, -0.15) is 0 Å². The van der Waals surface area contributed by atoms with Crippen LogP contribution in [0, 0.1) is 11.3 Å². The lowest BCUT2D eigenvalue weighted by molar-refractivity contribution is 0.431. The standard InChI is InChI=1S/C15H23N3S/c1-2-16-14(17-10-13-4-3-9-19-13)18-11-15(7-8-15)12-5-6-12/h3-4,9,12H,2,5-8,10-11H2,1H3,(H2,16,17,18). The van der Waals surface area contributed by atoms with E-state index < -0.39 is 0 Å². The van der Waals surface area contributed by atoms with Crippen LogP contribution in [0.3, 0.4) is 0 Å². The summed E-state index contributed by atoms with van der Waals surface area (Å²) in [7, 11) is 0. The fourth-order valence-electron chi connectivity index (χ4n) is 2.75. The molecule has 1 aromatic heterocycles. The predicted molar refractivity (Wildman–Crippen MR) is 81.5 cm³/mol. The molecule has 2 aliphatic rings. The molecule has 0 aromatic carbocycles. The van der Waals surface area contributed by atoms with E-state index in [4.69, 9.17) is 0 Å². The van der Waals surface area contributed by atoms with Gasteiger partial charge < -0.3 is 10.6 Å². The number of guanidine groups is 1. The molecule has 4 heteroatoms. The Bertz CT molecular complexity index is 430. The van der Waals surface area contributed by atoms with Crippen molar-refractivity contribution in [1.82, 2.24) is 10.6 Å². The van der Waals surface area contributed by atoms with Crippen molar-refractivity contribution >= 4 is 17.3 Å². The lowest BCUT2D eigenvalue weighted by Gasteiger charge is -2.17. The first-order valence-corrected chi connectivity index (χ1v) is 8.25. The van der Waals surface area contributed by atoms with E-state index in [0.29, 0.717) is 5.41 Å². The van der Waals surface area contributed by atoms with Crippen molar-refractivity contribution in [1.29, 1.82) is 0 Å². The number of rotatable bonds is 6. The summed E-state index contributed by atoms with van der Waals surface area (Å²) in [6.45, 7) is 4.93. The number of hydrogen-bond acceptors (Lipinski definition) is 2. The van der Waals surface area contributed by atoms with E-state index in [2.05, 4.69) is 40.1 Å². The Hall–Kier alpha value is -1.03. The van der Waals surface area contributed by atoms with Gasteiger partial charge in [0.25, 0.3) is 0 Å². The molecule has 2 N–H and O–H groups in total. The molecule has 2 fully saturated rings. The van der Waals surface area contributed by atoms with Crippen LogP contribution in [0.1, 0.15) is 37.5 Å². The van der Waals surface area contributed by atoms with Crippen LogP contribution in [0.4, 0.5) is 0 Å². The van der Waals surface area contributed by atoms with Gasteiger partial charge in [-0.3, -0.25) is 0 Å². The second kappa shape index (κ2) is 5.53. The molecule has 2 saturated carbocycles. The average Bonchev–Trinajstić information content (AvgIpc) is 3.32. The van der Waals surface area contributed by atoms with Crippen molar-refractivity contribution in [2.75, 3.05) is 13.1 Å². The highest BCUT2D eigenvalue weighted by atomic mass is 32.1. The van der Waals surface area contributed by atoms with Crippen LogP contribution in [-0.4, -0.2) is 19.0 Å². The molecule has 0 bridgehead atoms. The van der Waals surface area contributed by atoms with Crippen LogP contribution in [0.5, 0.6) is 0 Å². The number of hydrogen-bond donors (Lipinski definition) is 2. The zero-order valence-corrected chi connectivity index (χ0v) is 12.4. The number of nitrogens with zero attached hydrogens (tertiary/aromatic N) is 1. The molecular formula is C15H23N3S. The Labute approximate surface area is 119 Å². The highest BCUT2D eigenvalue weighted by Gasteiger charge is 2.53. The molecule has 0 aliphatic heterocycles. The van der Waals surface area contributed by atoms with Gasteiger partial charge in [0.1, 0.15) is 0 Å². The van der Waals surface area contributed by atoms with Crippen molar-refractivity contribution in [3.63, 3.8) is 0 Å². The van der Waals surface area contributed by atoms with Crippen molar-refractivity contribution in [3.8, 4) is 0 Å². The monoisotopic (exact) mass is 277 g/mol. The maximum atomic E-state index is 4.67. The predicted octanol–water partition coefficient (Wildman–Crippen LogP) is 2.99. The normalized spacial score (nSPS) is 21.2. The second-order valence-corrected chi connectivity index (χ2v) is 6.80. The molecule has 0 amide bonds. The lowest BCUT2D eigenvalue weighted by Crippen LogP contribution is -2.40. The Morgan fingerprint density at radius 1 is 1.42 bits per heavy atom. The first-order chi connectivity index (χ1) is 9.32. The Morgan fingerprint density at radius 3 is 2.84 bits per heavy atom. The van der Waals surface area contributed by atoms with Gasteiger partial charge in [-0.25, -0.2) is 4.99 Å². The molecule has 0 spiro atoms. The fourth-order valence-corrected chi connectivity index (χ4v) is 3.37. The van der Waals surface area contributed by atoms with Gasteiger partial charge in [-0.05, 0) is 55.4 Å². The minimum Gasteiger partial charge on any atom is -0.357 e. The summed E-state index contributed by atoms with van der Waals surface area (Å²) in [5.41, 5.74) is 0.624. The molecule has 0 unspecified atom stereocenters.